The summed E-state index contributed by atoms with van der Waals surface area (Å²) in [6.45, 7) is 0.503. The summed E-state index contributed by atoms with van der Waals surface area (Å²) in [5.41, 5.74) is -1.17. The Morgan fingerprint density at radius 1 is 1.33 bits per heavy atom. The molecule has 5 atom stereocenters. The molecular weight excluding hydrogens is 308 g/mol. The van der Waals surface area contributed by atoms with Crippen molar-refractivity contribution in [2.75, 3.05) is 13.1 Å². The van der Waals surface area contributed by atoms with E-state index >= 15 is 0 Å². The number of nitroso groups, excluding NO2 is 1. The second-order valence-corrected chi connectivity index (χ2v) is 8.42. The lowest BCUT2D eigenvalue weighted by Crippen LogP contribution is -2.65. The number of aliphatic hydroxyl groups is 1. The molecule has 2 unspecified atom stereocenters. The highest BCUT2D eigenvalue weighted by Gasteiger charge is 2.60. The number of nitriles is 1. The molecule has 1 heterocycles. The molecule has 0 aromatic carbocycles. The van der Waals surface area contributed by atoms with Crippen LogP contribution in [0, 0.1) is 28.1 Å². The summed E-state index contributed by atoms with van der Waals surface area (Å²) in [4.78, 5) is 25.8. The number of nitrogens with zero attached hydrogens (tertiary/aromatic N) is 4. The van der Waals surface area contributed by atoms with Crippen molar-refractivity contribution in [1.29, 1.82) is 5.26 Å². The Hall–Kier alpha value is -1.68. The highest BCUT2D eigenvalue weighted by molar-refractivity contribution is 5.79. The molecule has 5 aliphatic rings. The average Bonchev–Trinajstić information content (AvgIpc) is 2.98. The van der Waals surface area contributed by atoms with E-state index in [-0.39, 0.29) is 18.5 Å². The predicted molar refractivity (Wildman–Crippen MR) is 85.2 cm³/mol. The predicted octanol–water partition coefficient (Wildman–Crippen LogP) is 1.57. The van der Waals surface area contributed by atoms with Crippen LogP contribution in [0.25, 0.3) is 0 Å². The standard InChI is InChI=1S/C17H24N4O3/c18-9-14-2-1-3-20(14)15(22)10-21(19-24)16-5-12-4-13(6-16)8-17(23,7-12)11-16/h12-14,23H,1-8,10-11H2/t12-,13+,14-,16?,17?/m1/s1. The van der Waals surface area contributed by atoms with Crippen LogP contribution in [0.2, 0.25) is 0 Å². The van der Waals surface area contributed by atoms with Crippen LogP contribution in [0.1, 0.15) is 51.4 Å². The third kappa shape index (κ3) is 2.39. The van der Waals surface area contributed by atoms with Gasteiger partial charge in [-0.3, -0.25) is 4.79 Å². The van der Waals surface area contributed by atoms with Crippen LogP contribution in [-0.4, -0.2) is 51.2 Å². The molecule has 5 fully saturated rings. The Morgan fingerprint density at radius 3 is 2.62 bits per heavy atom. The molecule has 1 N–H and O–H groups in total. The molecule has 1 amide bonds. The molecule has 1 saturated heterocycles. The summed E-state index contributed by atoms with van der Waals surface area (Å²) in [6.07, 6.45) is 6.49. The van der Waals surface area contributed by atoms with Crippen LogP contribution in [0.5, 0.6) is 0 Å². The van der Waals surface area contributed by atoms with Crippen LogP contribution in [0.4, 0.5) is 0 Å². The van der Waals surface area contributed by atoms with Crippen LogP contribution in [0.15, 0.2) is 5.29 Å². The molecule has 7 nitrogen and oxygen atoms in total. The van der Waals surface area contributed by atoms with Gasteiger partial charge in [0.15, 0.2) is 0 Å². The summed E-state index contributed by atoms with van der Waals surface area (Å²) in [6, 6.07) is 1.78. The molecule has 0 spiro atoms. The van der Waals surface area contributed by atoms with Crippen molar-refractivity contribution in [3.63, 3.8) is 0 Å². The molecule has 5 rings (SSSR count). The van der Waals surface area contributed by atoms with E-state index in [0.29, 0.717) is 31.2 Å². The second-order valence-electron chi connectivity index (χ2n) is 8.42. The number of rotatable bonds is 4. The minimum atomic E-state index is -0.696. The molecule has 0 aromatic heterocycles. The first-order valence-electron chi connectivity index (χ1n) is 8.99. The van der Waals surface area contributed by atoms with Gasteiger partial charge < -0.3 is 10.0 Å². The van der Waals surface area contributed by atoms with E-state index < -0.39 is 11.1 Å². The van der Waals surface area contributed by atoms with Crippen molar-refractivity contribution in [2.24, 2.45) is 17.1 Å². The van der Waals surface area contributed by atoms with Gasteiger partial charge >= 0.3 is 0 Å². The third-order valence-electron chi connectivity index (χ3n) is 6.65. The number of likely N-dealkylation sites (tertiary alicyclic amines) is 1. The zero-order valence-corrected chi connectivity index (χ0v) is 13.9. The topological polar surface area (TPSA) is 97.0 Å². The summed E-state index contributed by atoms with van der Waals surface area (Å²) < 4.78 is 0. The van der Waals surface area contributed by atoms with E-state index in [4.69, 9.17) is 5.26 Å². The van der Waals surface area contributed by atoms with E-state index in [1.165, 1.54) is 5.01 Å². The maximum absolute atomic E-state index is 12.6. The molecule has 0 radical (unpaired) electrons. The lowest BCUT2D eigenvalue weighted by molar-refractivity contribution is -0.179. The van der Waals surface area contributed by atoms with Gasteiger partial charge in [0, 0.05) is 13.0 Å². The molecule has 4 aliphatic carbocycles. The zero-order chi connectivity index (χ0) is 16.9. The lowest BCUT2D eigenvalue weighted by Gasteiger charge is -2.61. The molecule has 0 aromatic rings. The third-order valence-corrected chi connectivity index (χ3v) is 6.65. The Kier molecular flexibility index (Phi) is 3.57. The maximum atomic E-state index is 12.6. The molecule has 130 valence electrons. The fraction of sp³-hybridized carbons (Fsp3) is 0.882. The van der Waals surface area contributed by atoms with E-state index in [1.807, 2.05) is 0 Å². The fourth-order valence-corrected chi connectivity index (χ4v) is 6.17. The number of carbonyl (C=O) groups is 1. The monoisotopic (exact) mass is 332 g/mol. The number of amides is 1. The first-order valence-corrected chi connectivity index (χ1v) is 8.99. The van der Waals surface area contributed by atoms with E-state index in [1.54, 1.807) is 4.90 Å². The molecule has 1 aliphatic heterocycles. The fourth-order valence-electron chi connectivity index (χ4n) is 6.17. The van der Waals surface area contributed by atoms with Crippen molar-refractivity contribution in [1.82, 2.24) is 9.91 Å². The van der Waals surface area contributed by atoms with E-state index in [9.17, 15) is 14.8 Å². The van der Waals surface area contributed by atoms with Crippen LogP contribution < -0.4 is 0 Å². The second kappa shape index (κ2) is 5.41. The highest BCUT2D eigenvalue weighted by Crippen LogP contribution is 2.59. The summed E-state index contributed by atoms with van der Waals surface area (Å²) in [7, 11) is 0. The van der Waals surface area contributed by atoms with Gasteiger partial charge in [-0.2, -0.15) is 5.26 Å². The maximum Gasteiger partial charge on any atom is 0.245 e. The molecule has 24 heavy (non-hydrogen) atoms. The summed E-state index contributed by atoms with van der Waals surface area (Å²) >= 11 is 0. The largest absolute Gasteiger partial charge is 0.390 e. The summed E-state index contributed by atoms with van der Waals surface area (Å²) in [5.74, 6) is 0.657. The van der Waals surface area contributed by atoms with Gasteiger partial charge in [0.05, 0.1) is 22.5 Å². The Bertz CT molecular complexity index is 587. The molecule has 7 heteroatoms. The minimum Gasteiger partial charge on any atom is -0.390 e. The van der Waals surface area contributed by atoms with Crippen molar-refractivity contribution < 1.29 is 9.90 Å². The number of hydrogen-bond donors (Lipinski definition) is 1. The normalized spacial score (nSPS) is 42.8. The van der Waals surface area contributed by atoms with Gasteiger partial charge in [-0.25, -0.2) is 5.01 Å². The Labute approximate surface area is 141 Å². The molecule has 4 saturated carbocycles. The van der Waals surface area contributed by atoms with Crippen molar-refractivity contribution >= 4 is 5.91 Å². The van der Waals surface area contributed by atoms with Gasteiger partial charge in [-0.05, 0) is 56.8 Å². The van der Waals surface area contributed by atoms with Crippen LogP contribution >= 0.6 is 0 Å². The van der Waals surface area contributed by atoms with Gasteiger partial charge in [0.25, 0.3) is 0 Å². The first-order chi connectivity index (χ1) is 11.5. The van der Waals surface area contributed by atoms with Crippen molar-refractivity contribution in [2.45, 2.75) is 68.5 Å². The van der Waals surface area contributed by atoms with Gasteiger partial charge in [-0.1, -0.05) is 0 Å². The zero-order valence-electron chi connectivity index (χ0n) is 13.9. The van der Waals surface area contributed by atoms with Crippen LogP contribution in [0.3, 0.4) is 0 Å². The molecular formula is C17H24N4O3. The Balaban J connectivity index is 1.53. The first kappa shape index (κ1) is 15.8. The SMILES string of the molecule is N#C[C@H]1CCCN1C(=O)CN(N=O)C12C[C@@H]3C[C@@H](CC(O)(C3)C1)C2. The lowest BCUT2D eigenvalue weighted by atomic mass is 9.51. The van der Waals surface area contributed by atoms with Gasteiger partial charge in [0.1, 0.15) is 12.6 Å². The van der Waals surface area contributed by atoms with Crippen molar-refractivity contribution in [3.8, 4) is 6.07 Å². The summed E-state index contributed by atoms with van der Waals surface area (Å²) in [5, 5.41) is 24.6. The van der Waals surface area contributed by atoms with Crippen LogP contribution in [-0.2, 0) is 4.79 Å². The van der Waals surface area contributed by atoms with E-state index in [0.717, 1.165) is 38.5 Å². The van der Waals surface area contributed by atoms with Crippen molar-refractivity contribution in [3.05, 3.63) is 4.91 Å². The van der Waals surface area contributed by atoms with Gasteiger partial charge in [0.2, 0.25) is 5.91 Å². The Morgan fingerprint density at radius 2 is 2.04 bits per heavy atom. The number of carbonyl (C=O) groups excluding carboxylic acids is 1. The average molecular weight is 332 g/mol. The minimum absolute atomic E-state index is 0.0722. The van der Waals surface area contributed by atoms with E-state index in [2.05, 4.69) is 11.4 Å². The van der Waals surface area contributed by atoms with Gasteiger partial charge in [-0.15, -0.1) is 4.91 Å². The number of hydrogen-bond acceptors (Lipinski definition) is 5. The highest BCUT2D eigenvalue weighted by atomic mass is 16.3. The smallest absolute Gasteiger partial charge is 0.245 e. The molecule has 4 bridgehead atoms. The quantitative estimate of drug-likeness (QED) is 0.622.